The third-order valence-electron chi connectivity index (χ3n) is 6.04. The minimum Gasteiger partial charge on any atom is -0.463 e. The van der Waals surface area contributed by atoms with Crippen LogP contribution in [-0.4, -0.2) is 71.3 Å². The van der Waals surface area contributed by atoms with Crippen molar-refractivity contribution in [1.29, 1.82) is 0 Å². The van der Waals surface area contributed by atoms with Gasteiger partial charge in [-0.25, -0.2) is 9.80 Å². The Labute approximate surface area is 205 Å². The van der Waals surface area contributed by atoms with Crippen LogP contribution in [0, 0.1) is 5.92 Å². The summed E-state index contributed by atoms with van der Waals surface area (Å²) in [5, 5.41) is 8.34. The molecule has 1 fully saturated rings. The number of hydrazone groups is 1. The van der Waals surface area contributed by atoms with Gasteiger partial charge in [0.1, 0.15) is 17.1 Å². The van der Waals surface area contributed by atoms with E-state index in [1.54, 1.807) is 34.6 Å². The standard InChI is InChI=1S/C25H34N4O4S/c1-25(2,3)33-24(31)27(4)15-18-8-5-11-28(16-18)17-23(30)29-20(22-10-7-13-34-22)14-19(26-29)21-9-6-12-32-21/h6-7,9-10,12-13,18,20H,5,8,11,14-17H2,1-4H3. The number of furan rings is 1. The number of nitrogens with zero attached hydrogens (tertiary/aromatic N) is 4. The number of amides is 2. The zero-order valence-corrected chi connectivity index (χ0v) is 21.2. The molecule has 2 unspecified atom stereocenters. The van der Waals surface area contributed by atoms with Gasteiger partial charge in [0.25, 0.3) is 5.91 Å². The van der Waals surface area contributed by atoms with Gasteiger partial charge >= 0.3 is 6.09 Å². The van der Waals surface area contributed by atoms with Crippen molar-refractivity contribution in [3.05, 3.63) is 46.5 Å². The second-order valence-corrected chi connectivity index (χ2v) is 11.1. The van der Waals surface area contributed by atoms with Crippen LogP contribution in [0.15, 0.2) is 45.4 Å². The summed E-state index contributed by atoms with van der Waals surface area (Å²) in [5.41, 5.74) is 0.285. The van der Waals surface area contributed by atoms with E-state index in [9.17, 15) is 9.59 Å². The first-order valence-electron chi connectivity index (χ1n) is 11.8. The fourth-order valence-corrected chi connectivity index (χ4v) is 5.36. The number of thiophene rings is 1. The third kappa shape index (κ3) is 6.07. The molecule has 0 bridgehead atoms. The molecule has 2 aromatic heterocycles. The largest absolute Gasteiger partial charge is 0.463 e. The van der Waals surface area contributed by atoms with Crippen molar-refractivity contribution in [2.24, 2.45) is 11.0 Å². The van der Waals surface area contributed by atoms with Crippen LogP contribution in [-0.2, 0) is 9.53 Å². The highest BCUT2D eigenvalue weighted by molar-refractivity contribution is 7.10. The Morgan fingerprint density at radius 1 is 1.29 bits per heavy atom. The van der Waals surface area contributed by atoms with Gasteiger partial charge in [-0.3, -0.25) is 9.69 Å². The molecule has 2 aromatic rings. The average Bonchev–Trinajstić information content (AvgIpc) is 3.53. The van der Waals surface area contributed by atoms with Gasteiger partial charge in [-0.05, 0) is 69.7 Å². The SMILES string of the molecule is CN(CC1CCCN(CC(=O)N2N=C(c3ccco3)CC2c2cccs2)C1)C(=O)OC(C)(C)C. The van der Waals surface area contributed by atoms with E-state index < -0.39 is 5.60 Å². The molecule has 2 atom stereocenters. The summed E-state index contributed by atoms with van der Waals surface area (Å²) < 4.78 is 11.0. The number of carbonyl (C=O) groups is 2. The lowest BCUT2D eigenvalue weighted by Crippen LogP contribution is -2.46. The minimum atomic E-state index is -0.514. The van der Waals surface area contributed by atoms with Gasteiger partial charge in [-0.15, -0.1) is 11.3 Å². The highest BCUT2D eigenvalue weighted by Crippen LogP contribution is 2.35. The Hall–Kier alpha value is -2.65. The molecule has 0 spiro atoms. The van der Waals surface area contributed by atoms with E-state index in [1.807, 2.05) is 44.4 Å². The molecule has 0 radical (unpaired) electrons. The first kappa shape index (κ1) is 24.5. The highest BCUT2D eigenvalue weighted by Gasteiger charge is 2.36. The quantitative estimate of drug-likeness (QED) is 0.596. The van der Waals surface area contributed by atoms with Gasteiger partial charge in [-0.1, -0.05) is 6.07 Å². The maximum atomic E-state index is 13.4. The van der Waals surface area contributed by atoms with E-state index in [2.05, 4.69) is 16.1 Å². The van der Waals surface area contributed by atoms with Crippen LogP contribution in [0.4, 0.5) is 4.79 Å². The van der Waals surface area contributed by atoms with Gasteiger partial charge in [0.05, 0.1) is 18.8 Å². The molecule has 2 amide bonds. The smallest absolute Gasteiger partial charge is 0.410 e. The number of piperidine rings is 1. The van der Waals surface area contributed by atoms with Crippen molar-refractivity contribution in [3.63, 3.8) is 0 Å². The Balaban J connectivity index is 1.38. The molecule has 0 aliphatic carbocycles. The maximum absolute atomic E-state index is 13.4. The zero-order valence-electron chi connectivity index (χ0n) is 20.4. The number of hydrogen-bond donors (Lipinski definition) is 0. The topological polar surface area (TPSA) is 78.6 Å². The Morgan fingerprint density at radius 3 is 2.79 bits per heavy atom. The predicted octanol–water partition coefficient (Wildman–Crippen LogP) is 4.60. The number of rotatable bonds is 6. The highest BCUT2D eigenvalue weighted by atomic mass is 32.1. The van der Waals surface area contributed by atoms with E-state index in [1.165, 1.54) is 0 Å². The molecule has 2 aliphatic heterocycles. The summed E-state index contributed by atoms with van der Waals surface area (Å²) >= 11 is 1.64. The van der Waals surface area contributed by atoms with Crippen molar-refractivity contribution >= 4 is 29.0 Å². The zero-order chi connectivity index (χ0) is 24.3. The molecule has 34 heavy (non-hydrogen) atoms. The van der Waals surface area contributed by atoms with Gasteiger partial charge in [0.2, 0.25) is 0 Å². The normalized spacial score (nSPS) is 21.4. The number of carbonyl (C=O) groups excluding carboxylic acids is 2. The molecule has 2 aliphatic rings. The van der Waals surface area contributed by atoms with Crippen molar-refractivity contribution < 1.29 is 18.7 Å². The minimum absolute atomic E-state index is 0.0129. The average molecular weight is 487 g/mol. The molecular weight excluding hydrogens is 452 g/mol. The molecule has 0 aromatic carbocycles. The summed E-state index contributed by atoms with van der Waals surface area (Å²) in [6, 6.07) is 7.68. The Kier molecular flexibility index (Phi) is 7.42. The van der Waals surface area contributed by atoms with E-state index >= 15 is 0 Å². The summed E-state index contributed by atoms with van der Waals surface area (Å²) in [6.45, 7) is 8.16. The van der Waals surface area contributed by atoms with Crippen LogP contribution in [0.25, 0.3) is 0 Å². The first-order valence-corrected chi connectivity index (χ1v) is 12.7. The number of hydrogen-bond acceptors (Lipinski definition) is 7. The molecule has 0 saturated carbocycles. The summed E-state index contributed by atoms with van der Waals surface area (Å²) in [4.78, 5) is 30.7. The van der Waals surface area contributed by atoms with Gasteiger partial charge in [-0.2, -0.15) is 5.10 Å². The van der Waals surface area contributed by atoms with Crippen molar-refractivity contribution in [1.82, 2.24) is 14.8 Å². The van der Waals surface area contributed by atoms with E-state index in [4.69, 9.17) is 9.15 Å². The van der Waals surface area contributed by atoms with E-state index in [0.29, 0.717) is 31.2 Å². The summed E-state index contributed by atoms with van der Waals surface area (Å²) in [5.74, 6) is 0.995. The molecule has 4 heterocycles. The van der Waals surface area contributed by atoms with Crippen LogP contribution in [0.5, 0.6) is 0 Å². The van der Waals surface area contributed by atoms with Crippen LogP contribution >= 0.6 is 11.3 Å². The molecule has 1 saturated heterocycles. The number of likely N-dealkylation sites (tertiary alicyclic amines) is 1. The third-order valence-corrected chi connectivity index (χ3v) is 7.02. The predicted molar refractivity (Wildman–Crippen MR) is 132 cm³/mol. The van der Waals surface area contributed by atoms with Crippen LogP contribution in [0.1, 0.15) is 56.7 Å². The Bertz CT molecular complexity index is 997. The molecule has 9 heteroatoms. The maximum Gasteiger partial charge on any atom is 0.410 e. The van der Waals surface area contributed by atoms with Crippen LogP contribution < -0.4 is 0 Å². The van der Waals surface area contributed by atoms with Crippen molar-refractivity contribution in [2.45, 2.75) is 51.7 Å². The lowest BCUT2D eigenvalue weighted by Gasteiger charge is -2.35. The van der Waals surface area contributed by atoms with Crippen LogP contribution in [0.3, 0.4) is 0 Å². The lowest BCUT2D eigenvalue weighted by atomic mass is 9.97. The van der Waals surface area contributed by atoms with Crippen molar-refractivity contribution in [3.8, 4) is 0 Å². The number of ether oxygens (including phenoxy) is 1. The van der Waals surface area contributed by atoms with E-state index in [-0.39, 0.29) is 18.0 Å². The lowest BCUT2D eigenvalue weighted by molar-refractivity contribution is -0.134. The van der Waals surface area contributed by atoms with Gasteiger partial charge in [0, 0.05) is 31.4 Å². The van der Waals surface area contributed by atoms with Crippen molar-refractivity contribution in [2.75, 3.05) is 33.2 Å². The van der Waals surface area contributed by atoms with Gasteiger partial charge < -0.3 is 14.1 Å². The fraction of sp³-hybridized carbons (Fsp3) is 0.560. The molecule has 8 nitrogen and oxygen atoms in total. The summed E-state index contributed by atoms with van der Waals surface area (Å²) in [6.07, 6.45) is 3.99. The molecule has 0 N–H and O–H groups in total. The molecular formula is C25H34N4O4S. The molecule has 4 rings (SSSR count). The van der Waals surface area contributed by atoms with E-state index in [0.717, 1.165) is 36.5 Å². The summed E-state index contributed by atoms with van der Waals surface area (Å²) in [7, 11) is 1.78. The first-order chi connectivity index (χ1) is 16.2. The fourth-order valence-electron chi connectivity index (χ4n) is 4.54. The van der Waals surface area contributed by atoms with Crippen LogP contribution in [0.2, 0.25) is 0 Å². The molecule has 184 valence electrons. The second-order valence-electron chi connectivity index (χ2n) is 10.1. The Morgan fingerprint density at radius 2 is 2.12 bits per heavy atom. The van der Waals surface area contributed by atoms with Gasteiger partial charge in [0.15, 0.2) is 0 Å². The second kappa shape index (κ2) is 10.3. The monoisotopic (exact) mass is 486 g/mol.